The minimum absolute atomic E-state index is 0.101. The van der Waals surface area contributed by atoms with Gasteiger partial charge in [-0.05, 0) is 24.8 Å². The van der Waals surface area contributed by atoms with Crippen molar-refractivity contribution in [3.05, 3.63) is 35.3 Å². The van der Waals surface area contributed by atoms with Crippen LogP contribution < -0.4 is 10.2 Å². The van der Waals surface area contributed by atoms with E-state index in [1.807, 2.05) is 35.9 Å². The zero-order valence-corrected chi connectivity index (χ0v) is 14.4. The molecule has 1 aliphatic heterocycles. The first-order chi connectivity index (χ1) is 11.2. The first-order valence-electron chi connectivity index (χ1n) is 7.35. The number of rotatable bonds is 5. The number of anilines is 2. The minimum Gasteiger partial charge on any atom is -0.325 e. The highest BCUT2D eigenvalue weighted by molar-refractivity contribution is 7.98. The Morgan fingerprint density at radius 2 is 2.26 bits per heavy atom. The Balaban J connectivity index is 1.64. The molecule has 1 fully saturated rings. The second-order valence-electron chi connectivity index (χ2n) is 5.20. The van der Waals surface area contributed by atoms with Crippen molar-refractivity contribution < 1.29 is 9.59 Å². The number of thioether (sulfide) groups is 1. The molecular weight excluding hydrogens is 330 g/mol. The van der Waals surface area contributed by atoms with E-state index in [1.165, 1.54) is 11.3 Å². The zero-order chi connectivity index (χ0) is 16.2. The Morgan fingerprint density at radius 3 is 3.00 bits per heavy atom. The second kappa shape index (κ2) is 7.14. The third-order valence-electron chi connectivity index (χ3n) is 3.57. The van der Waals surface area contributed by atoms with Crippen LogP contribution in [-0.4, -0.2) is 29.6 Å². The maximum atomic E-state index is 12.2. The van der Waals surface area contributed by atoms with Crippen molar-refractivity contribution in [2.24, 2.45) is 0 Å². The van der Waals surface area contributed by atoms with E-state index in [1.54, 1.807) is 16.7 Å². The van der Waals surface area contributed by atoms with Gasteiger partial charge in [-0.1, -0.05) is 12.1 Å². The molecular formula is C16H17N3O2S2. The summed E-state index contributed by atoms with van der Waals surface area (Å²) in [6.07, 6.45) is 3.65. The fraction of sp³-hybridized carbons (Fsp3) is 0.312. The first kappa shape index (κ1) is 16.0. The number of aromatic nitrogens is 1. The van der Waals surface area contributed by atoms with Gasteiger partial charge in [-0.25, -0.2) is 4.98 Å². The second-order valence-corrected chi connectivity index (χ2v) is 6.88. The maximum Gasteiger partial charge on any atom is 0.230 e. The fourth-order valence-electron chi connectivity index (χ4n) is 2.46. The number of carbonyl (C=O) groups excluding carboxylic acids is 2. The summed E-state index contributed by atoms with van der Waals surface area (Å²) in [5, 5.41) is 5.46. The van der Waals surface area contributed by atoms with Gasteiger partial charge in [0.1, 0.15) is 0 Å². The van der Waals surface area contributed by atoms with Gasteiger partial charge in [-0.3, -0.25) is 14.5 Å². The van der Waals surface area contributed by atoms with E-state index >= 15 is 0 Å². The van der Waals surface area contributed by atoms with Gasteiger partial charge in [-0.2, -0.15) is 0 Å². The maximum absolute atomic E-state index is 12.2. The number of amides is 2. The molecule has 0 radical (unpaired) electrons. The molecule has 0 atom stereocenters. The van der Waals surface area contributed by atoms with Crippen molar-refractivity contribution in [3.63, 3.8) is 0 Å². The molecule has 0 spiro atoms. The summed E-state index contributed by atoms with van der Waals surface area (Å²) in [6, 6.07) is 7.70. The van der Waals surface area contributed by atoms with Gasteiger partial charge in [0.05, 0.1) is 17.8 Å². The van der Waals surface area contributed by atoms with Crippen LogP contribution in [0.1, 0.15) is 18.5 Å². The van der Waals surface area contributed by atoms with Crippen molar-refractivity contribution in [2.75, 3.05) is 23.0 Å². The fourth-order valence-corrected chi connectivity index (χ4v) is 3.88. The van der Waals surface area contributed by atoms with Crippen LogP contribution in [0.25, 0.3) is 0 Å². The predicted octanol–water partition coefficient (Wildman–Crippen LogP) is 3.17. The molecule has 1 saturated heterocycles. The Hall–Kier alpha value is -1.86. The van der Waals surface area contributed by atoms with E-state index in [2.05, 4.69) is 10.3 Å². The van der Waals surface area contributed by atoms with Crippen molar-refractivity contribution in [2.45, 2.75) is 24.2 Å². The van der Waals surface area contributed by atoms with E-state index in [0.717, 1.165) is 23.5 Å². The molecule has 0 unspecified atom stereocenters. The van der Waals surface area contributed by atoms with Gasteiger partial charge in [0.2, 0.25) is 11.8 Å². The van der Waals surface area contributed by atoms with Gasteiger partial charge < -0.3 is 5.32 Å². The third kappa shape index (κ3) is 3.73. The predicted molar refractivity (Wildman–Crippen MR) is 94.3 cm³/mol. The largest absolute Gasteiger partial charge is 0.325 e. The standard InChI is InChI=1S/C16H17N3O2S2/c1-22-13-6-3-2-5-12(13)18-14(20)9-11-10-23-16(17-11)19-8-4-7-15(19)21/h2-3,5-6,10H,4,7-9H2,1H3,(H,18,20). The molecule has 0 bridgehead atoms. The number of para-hydroxylation sites is 1. The molecule has 0 aliphatic carbocycles. The molecule has 120 valence electrons. The van der Waals surface area contributed by atoms with Crippen molar-refractivity contribution in [1.29, 1.82) is 0 Å². The molecule has 5 nitrogen and oxygen atoms in total. The van der Waals surface area contributed by atoms with Gasteiger partial charge in [0, 0.05) is 23.2 Å². The average molecular weight is 347 g/mol. The Bertz CT molecular complexity index is 730. The van der Waals surface area contributed by atoms with Crippen LogP contribution in [0.15, 0.2) is 34.5 Å². The molecule has 2 heterocycles. The van der Waals surface area contributed by atoms with Crippen LogP contribution in [0.5, 0.6) is 0 Å². The molecule has 23 heavy (non-hydrogen) atoms. The van der Waals surface area contributed by atoms with Crippen LogP contribution in [0.2, 0.25) is 0 Å². The number of thiazole rings is 1. The molecule has 2 aromatic rings. The summed E-state index contributed by atoms with van der Waals surface area (Å²) in [5.74, 6) is 0.0142. The van der Waals surface area contributed by atoms with Crippen LogP contribution in [0.3, 0.4) is 0 Å². The number of hydrogen-bond acceptors (Lipinski definition) is 5. The normalized spacial score (nSPS) is 14.3. The molecule has 1 N–H and O–H groups in total. The molecule has 3 rings (SSSR count). The molecule has 1 aromatic heterocycles. The molecule has 2 amide bonds. The van der Waals surface area contributed by atoms with Gasteiger partial charge >= 0.3 is 0 Å². The lowest BCUT2D eigenvalue weighted by Crippen LogP contribution is -2.23. The summed E-state index contributed by atoms with van der Waals surface area (Å²) >= 11 is 3.01. The van der Waals surface area contributed by atoms with Crippen LogP contribution in [0, 0.1) is 0 Å². The van der Waals surface area contributed by atoms with Crippen LogP contribution >= 0.6 is 23.1 Å². The molecule has 7 heteroatoms. The van der Waals surface area contributed by atoms with Gasteiger partial charge in [0.25, 0.3) is 0 Å². The van der Waals surface area contributed by atoms with E-state index < -0.39 is 0 Å². The third-order valence-corrected chi connectivity index (χ3v) is 5.27. The highest BCUT2D eigenvalue weighted by Crippen LogP contribution is 2.27. The molecule has 0 saturated carbocycles. The zero-order valence-electron chi connectivity index (χ0n) is 12.7. The summed E-state index contributed by atoms with van der Waals surface area (Å²) in [5.41, 5.74) is 1.51. The SMILES string of the molecule is CSc1ccccc1NC(=O)Cc1csc(N2CCCC2=O)n1. The number of nitrogens with zero attached hydrogens (tertiary/aromatic N) is 2. The summed E-state index contributed by atoms with van der Waals surface area (Å²) in [4.78, 5) is 31.1. The summed E-state index contributed by atoms with van der Waals surface area (Å²) in [6.45, 7) is 0.721. The average Bonchev–Trinajstić information content (AvgIpc) is 3.16. The Morgan fingerprint density at radius 1 is 1.43 bits per heavy atom. The van der Waals surface area contributed by atoms with E-state index in [0.29, 0.717) is 17.2 Å². The highest BCUT2D eigenvalue weighted by atomic mass is 32.2. The van der Waals surface area contributed by atoms with Gasteiger partial charge in [-0.15, -0.1) is 23.1 Å². The molecule has 1 aliphatic rings. The topological polar surface area (TPSA) is 62.3 Å². The quantitative estimate of drug-likeness (QED) is 0.844. The number of carbonyl (C=O) groups is 2. The van der Waals surface area contributed by atoms with Crippen molar-refractivity contribution >= 4 is 45.7 Å². The van der Waals surface area contributed by atoms with E-state index in [-0.39, 0.29) is 18.2 Å². The van der Waals surface area contributed by atoms with Crippen molar-refractivity contribution in [3.8, 4) is 0 Å². The van der Waals surface area contributed by atoms with Crippen LogP contribution in [-0.2, 0) is 16.0 Å². The first-order valence-corrected chi connectivity index (χ1v) is 9.45. The lowest BCUT2D eigenvalue weighted by molar-refractivity contribution is -0.117. The minimum atomic E-state index is -0.101. The van der Waals surface area contributed by atoms with Crippen molar-refractivity contribution in [1.82, 2.24) is 4.98 Å². The molecule has 1 aromatic carbocycles. The number of benzene rings is 1. The summed E-state index contributed by atoms with van der Waals surface area (Å²) < 4.78 is 0. The Kier molecular flexibility index (Phi) is 4.97. The van der Waals surface area contributed by atoms with E-state index in [9.17, 15) is 9.59 Å². The smallest absolute Gasteiger partial charge is 0.230 e. The van der Waals surface area contributed by atoms with Crippen LogP contribution in [0.4, 0.5) is 10.8 Å². The Labute approximate surface area is 143 Å². The lowest BCUT2D eigenvalue weighted by Gasteiger charge is -2.10. The highest BCUT2D eigenvalue weighted by Gasteiger charge is 2.24. The monoisotopic (exact) mass is 347 g/mol. The lowest BCUT2D eigenvalue weighted by atomic mass is 10.3. The number of hydrogen-bond donors (Lipinski definition) is 1. The van der Waals surface area contributed by atoms with Gasteiger partial charge in [0.15, 0.2) is 5.13 Å². The summed E-state index contributed by atoms with van der Waals surface area (Å²) in [7, 11) is 0. The number of nitrogens with one attached hydrogen (secondary N) is 1. The van der Waals surface area contributed by atoms with E-state index in [4.69, 9.17) is 0 Å².